The Kier molecular flexibility index (Phi) is 4.30. The van der Waals surface area contributed by atoms with Crippen molar-refractivity contribution in [2.75, 3.05) is 0 Å². The lowest BCUT2D eigenvalue weighted by atomic mass is 10.1. The molecule has 0 spiro atoms. The van der Waals surface area contributed by atoms with E-state index in [1.807, 2.05) is 60.7 Å². The minimum Gasteiger partial charge on any atom is -0.507 e. The van der Waals surface area contributed by atoms with Gasteiger partial charge in [-0.05, 0) is 12.1 Å². The van der Waals surface area contributed by atoms with Gasteiger partial charge in [-0.2, -0.15) is 0 Å². The average molecular weight is 310 g/mol. The lowest BCUT2D eigenvalue weighted by Gasteiger charge is -2.06. The molecule has 0 unspecified atom stereocenters. The van der Waals surface area contributed by atoms with E-state index in [0.29, 0.717) is 11.5 Å². The molecule has 1 N–H and O–H groups in total. The highest BCUT2D eigenvalue weighted by atomic mass is 32.2. The Hall–Kier alpha value is -2.46. The Labute approximate surface area is 132 Å². The molecule has 0 atom stereocenters. The van der Waals surface area contributed by atoms with E-state index >= 15 is 0 Å². The maximum absolute atomic E-state index is 12.1. The van der Waals surface area contributed by atoms with Gasteiger partial charge in [0, 0.05) is 22.3 Å². The van der Waals surface area contributed by atoms with Crippen LogP contribution < -0.4 is 5.63 Å². The Morgan fingerprint density at radius 1 is 0.955 bits per heavy atom. The van der Waals surface area contributed by atoms with Gasteiger partial charge >= 0.3 is 5.63 Å². The Morgan fingerprint density at radius 2 is 1.59 bits per heavy atom. The summed E-state index contributed by atoms with van der Waals surface area (Å²) >= 11 is 1.48. The predicted octanol–water partition coefficient (Wildman–Crippen LogP) is 4.30. The number of benzene rings is 2. The van der Waals surface area contributed by atoms with Crippen molar-refractivity contribution in [3.8, 4) is 17.1 Å². The first-order valence-corrected chi connectivity index (χ1v) is 7.82. The van der Waals surface area contributed by atoms with Crippen molar-refractivity contribution in [1.82, 2.24) is 0 Å². The molecule has 1 heterocycles. The number of aromatic hydroxyl groups is 1. The lowest BCUT2D eigenvalue weighted by Crippen LogP contribution is -2.06. The van der Waals surface area contributed by atoms with Crippen LogP contribution in [-0.2, 0) is 5.75 Å². The van der Waals surface area contributed by atoms with Crippen molar-refractivity contribution in [2.24, 2.45) is 0 Å². The number of thioether (sulfide) groups is 1. The fraction of sp³-hybridized carbons (Fsp3) is 0.0556. The molecular formula is C18H14O3S. The van der Waals surface area contributed by atoms with Crippen molar-refractivity contribution >= 4 is 11.8 Å². The van der Waals surface area contributed by atoms with Crippen LogP contribution in [0.5, 0.6) is 5.75 Å². The molecule has 22 heavy (non-hydrogen) atoms. The number of hydrogen-bond donors (Lipinski definition) is 1. The zero-order chi connectivity index (χ0) is 15.4. The van der Waals surface area contributed by atoms with Crippen molar-refractivity contribution in [3.63, 3.8) is 0 Å². The molecule has 0 saturated heterocycles. The zero-order valence-corrected chi connectivity index (χ0v) is 12.5. The van der Waals surface area contributed by atoms with E-state index in [1.165, 1.54) is 17.8 Å². The highest BCUT2D eigenvalue weighted by molar-refractivity contribution is 7.98. The molecule has 0 fully saturated rings. The van der Waals surface area contributed by atoms with Crippen LogP contribution in [-0.4, -0.2) is 5.11 Å². The molecule has 0 bridgehead atoms. The number of hydrogen-bond acceptors (Lipinski definition) is 4. The first-order valence-electron chi connectivity index (χ1n) is 6.83. The minimum absolute atomic E-state index is 0.0291. The van der Waals surface area contributed by atoms with Crippen molar-refractivity contribution in [3.05, 3.63) is 82.7 Å². The summed E-state index contributed by atoms with van der Waals surface area (Å²) in [6, 6.07) is 20.5. The molecule has 1 aromatic heterocycles. The van der Waals surface area contributed by atoms with Crippen LogP contribution in [0.4, 0.5) is 0 Å². The summed E-state index contributed by atoms with van der Waals surface area (Å²) in [5, 5.41) is 10.1. The molecule has 0 aliphatic carbocycles. The van der Waals surface area contributed by atoms with Crippen LogP contribution in [0.1, 0.15) is 5.56 Å². The maximum Gasteiger partial charge on any atom is 0.344 e. The van der Waals surface area contributed by atoms with E-state index in [4.69, 9.17) is 4.42 Å². The van der Waals surface area contributed by atoms with Gasteiger partial charge < -0.3 is 9.52 Å². The fourth-order valence-electron chi connectivity index (χ4n) is 2.06. The highest BCUT2D eigenvalue weighted by Gasteiger charge is 2.12. The smallest absolute Gasteiger partial charge is 0.344 e. The lowest BCUT2D eigenvalue weighted by molar-refractivity contribution is 0.445. The predicted molar refractivity (Wildman–Crippen MR) is 88.1 cm³/mol. The van der Waals surface area contributed by atoms with Gasteiger partial charge in [0.1, 0.15) is 11.5 Å². The monoisotopic (exact) mass is 310 g/mol. The van der Waals surface area contributed by atoms with Gasteiger partial charge in [-0.1, -0.05) is 48.5 Å². The summed E-state index contributed by atoms with van der Waals surface area (Å²) in [4.78, 5) is 13.2. The molecular weight excluding hydrogens is 296 g/mol. The standard InChI is InChI=1S/C18H14O3S/c19-16-11-17(13-7-3-1-4-8-13)21-18(20)15(16)12-22-14-9-5-2-6-10-14/h1-11,19H,12H2. The largest absolute Gasteiger partial charge is 0.507 e. The Morgan fingerprint density at radius 3 is 2.23 bits per heavy atom. The van der Waals surface area contributed by atoms with E-state index in [9.17, 15) is 9.90 Å². The summed E-state index contributed by atoms with van der Waals surface area (Å²) in [6.07, 6.45) is 0. The van der Waals surface area contributed by atoms with Gasteiger partial charge in [0.25, 0.3) is 0 Å². The summed E-state index contributed by atoms with van der Waals surface area (Å²) in [7, 11) is 0. The molecule has 4 heteroatoms. The van der Waals surface area contributed by atoms with Crippen molar-refractivity contribution < 1.29 is 9.52 Å². The SMILES string of the molecule is O=c1oc(-c2ccccc2)cc(O)c1CSc1ccccc1. The van der Waals surface area contributed by atoms with Gasteiger partial charge in [-0.25, -0.2) is 4.79 Å². The second-order valence-electron chi connectivity index (χ2n) is 4.73. The van der Waals surface area contributed by atoms with Crippen LogP contribution >= 0.6 is 11.8 Å². The Balaban J connectivity index is 1.86. The summed E-state index contributed by atoms with van der Waals surface area (Å²) in [5.74, 6) is 0.711. The molecule has 3 rings (SSSR count). The van der Waals surface area contributed by atoms with E-state index in [0.717, 1.165) is 10.5 Å². The molecule has 0 aliphatic rings. The van der Waals surface area contributed by atoms with E-state index in [1.54, 1.807) is 0 Å². The topological polar surface area (TPSA) is 50.4 Å². The molecule has 0 amide bonds. The average Bonchev–Trinajstić information content (AvgIpc) is 2.56. The van der Waals surface area contributed by atoms with Crippen molar-refractivity contribution in [1.29, 1.82) is 0 Å². The minimum atomic E-state index is -0.498. The van der Waals surface area contributed by atoms with Crippen LogP contribution in [0.25, 0.3) is 11.3 Å². The van der Waals surface area contributed by atoms with E-state index in [-0.39, 0.29) is 11.3 Å². The molecule has 110 valence electrons. The molecule has 0 aliphatic heterocycles. The van der Waals surface area contributed by atoms with Crippen LogP contribution in [0.15, 0.2) is 80.8 Å². The van der Waals surface area contributed by atoms with Gasteiger partial charge in [0.15, 0.2) is 0 Å². The molecule has 0 saturated carbocycles. The number of rotatable bonds is 4. The third-order valence-electron chi connectivity index (χ3n) is 3.21. The molecule has 0 radical (unpaired) electrons. The maximum atomic E-state index is 12.1. The zero-order valence-electron chi connectivity index (χ0n) is 11.7. The summed E-state index contributed by atoms with van der Waals surface area (Å²) < 4.78 is 5.33. The Bertz CT molecular complexity index is 811. The fourth-order valence-corrected chi connectivity index (χ4v) is 2.98. The summed E-state index contributed by atoms with van der Waals surface area (Å²) in [5.41, 5.74) is 0.549. The molecule has 3 nitrogen and oxygen atoms in total. The van der Waals surface area contributed by atoms with Gasteiger partial charge in [0.2, 0.25) is 0 Å². The third-order valence-corrected chi connectivity index (χ3v) is 4.25. The van der Waals surface area contributed by atoms with Gasteiger partial charge in [-0.3, -0.25) is 0 Å². The highest BCUT2D eigenvalue weighted by Crippen LogP contribution is 2.28. The molecule has 2 aromatic carbocycles. The second kappa shape index (κ2) is 6.54. The second-order valence-corrected chi connectivity index (χ2v) is 5.78. The quantitative estimate of drug-likeness (QED) is 0.730. The van der Waals surface area contributed by atoms with Gasteiger partial charge in [0.05, 0.1) is 5.56 Å². The third kappa shape index (κ3) is 3.23. The first kappa shape index (κ1) is 14.5. The van der Waals surface area contributed by atoms with Crippen LogP contribution in [0.3, 0.4) is 0 Å². The molecule has 3 aromatic rings. The van der Waals surface area contributed by atoms with Crippen molar-refractivity contribution in [2.45, 2.75) is 10.6 Å². The van der Waals surface area contributed by atoms with E-state index in [2.05, 4.69) is 0 Å². The van der Waals surface area contributed by atoms with Gasteiger partial charge in [-0.15, -0.1) is 11.8 Å². The summed E-state index contributed by atoms with van der Waals surface area (Å²) in [6.45, 7) is 0. The first-order chi connectivity index (χ1) is 10.7. The normalized spacial score (nSPS) is 10.5. The van der Waals surface area contributed by atoms with Crippen LogP contribution in [0.2, 0.25) is 0 Å². The van der Waals surface area contributed by atoms with Crippen LogP contribution in [0, 0.1) is 0 Å². The van der Waals surface area contributed by atoms with E-state index < -0.39 is 5.63 Å².